The molecule has 2 fully saturated rings. The number of nitrogens with zero attached hydrogens (tertiary/aromatic N) is 3. The first-order chi connectivity index (χ1) is 15.5. The van der Waals surface area contributed by atoms with Crippen LogP contribution in [0.1, 0.15) is 42.6 Å². The molecule has 2 aliphatic heterocycles. The quantitative estimate of drug-likeness (QED) is 0.659. The SMILES string of the molecule is CO[C@]1(c2cc(C)cc(-c3cc(C4CCOC4)n4cnc(NC(C)=O)cc34)n2)CCOC1. The maximum atomic E-state index is 11.6. The zero-order valence-electron chi connectivity index (χ0n) is 18.7. The molecule has 2 atom stereocenters. The summed E-state index contributed by atoms with van der Waals surface area (Å²) >= 11 is 0. The highest BCUT2D eigenvalue weighted by Crippen LogP contribution is 2.38. The Morgan fingerprint density at radius 1 is 1.25 bits per heavy atom. The monoisotopic (exact) mass is 436 g/mol. The van der Waals surface area contributed by atoms with E-state index >= 15 is 0 Å². The molecular weight excluding hydrogens is 408 g/mol. The number of ether oxygens (including phenoxy) is 3. The molecule has 2 aliphatic rings. The molecule has 32 heavy (non-hydrogen) atoms. The van der Waals surface area contributed by atoms with Crippen molar-refractivity contribution in [2.24, 2.45) is 0 Å². The summed E-state index contributed by atoms with van der Waals surface area (Å²) < 4.78 is 19.3. The van der Waals surface area contributed by atoms with Gasteiger partial charge in [-0.15, -0.1) is 0 Å². The first-order valence-electron chi connectivity index (χ1n) is 11.0. The molecule has 5 rings (SSSR count). The fourth-order valence-electron chi connectivity index (χ4n) is 4.71. The van der Waals surface area contributed by atoms with Gasteiger partial charge in [0.25, 0.3) is 0 Å². The average Bonchev–Trinajstić information content (AvgIpc) is 3.52. The first kappa shape index (κ1) is 21.1. The van der Waals surface area contributed by atoms with Crippen molar-refractivity contribution in [3.63, 3.8) is 0 Å². The first-order valence-corrected chi connectivity index (χ1v) is 11.0. The van der Waals surface area contributed by atoms with Gasteiger partial charge in [0.2, 0.25) is 5.91 Å². The summed E-state index contributed by atoms with van der Waals surface area (Å²) in [7, 11) is 1.72. The van der Waals surface area contributed by atoms with Crippen molar-refractivity contribution in [3.05, 3.63) is 47.5 Å². The van der Waals surface area contributed by atoms with Gasteiger partial charge in [-0.25, -0.2) is 9.97 Å². The highest BCUT2D eigenvalue weighted by Gasteiger charge is 2.38. The van der Waals surface area contributed by atoms with Gasteiger partial charge in [-0.1, -0.05) is 0 Å². The molecule has 0 radical (unpaired) electrons. The zero-order chi connectivity index (χ0) is 22.3. The number of hydrogen-bond acceptors (Lipinski definition) is 6. The van der Waals surface area contributed by atoms with E-state index in [0.29, 0.717) is 31.6 Å². The van der Waals surface area contributed by atoms with Crippen LogP contribution in [0, 0.1) is 6.92 Å². The van der Waals surface area contributed by atoms with Crippen LogP contribution in [0.3, 0.4) is 0 Å². The molecule has 3 aromatic rings. The number of anilines is 1. The normalized spacial score (nSPS) is 23.2. The number of carbonyl (C=O) groups excluding carboxylic acids is 1. The molecule has 8 nitrogen and oxygen atoms in total. The summed E-state index contributed by atoms with van der Waals surface area (Å²) in [6.07, 6.45) is 3.52. The lowest BCUT2D eigenvalue weighted by Gasteiger charge is -2.26. The van der Waals surface area contributed by atoms with Crippen LogP contribution in [0.4, 0.5) is 5.82 Å². The lowest BCUT2D eigenvalue weighted by atomic mass is 9.95. The van der Waals surface area contributed by atoms with Crippen LogP contribution in [0.15, 0.2) is 30.6 Å². The summed E-state index contributed by atoms with van der Waals surface area (Å²) in [5.74, 6) is 0.658. The van der Waals surface area contributed by atoms with Crippen molar-refractivity contribution in [3.8, 4) is 11.3 Å². The Morgan fingerprint density at radius 2 is 2.12 bits per heavy atom. The molecule has 1 unspecified atom stereocenters. The molecule has 168 valence electrons. The number of carbonyl (C=O) groups is 1. The molecule has 0 bridgehead atoms. The topological polar surface area (TPSA) is 87.0 Å². The number of rotatable bonds is 5. The van der Waals surface area contributed by atoms with E-state index in [4.69, 9.17) is 19.2 Å². The van der Waals surface area contributed by atoms with Gasteiger partial charge in [0.15, 0.2) is 0 Å². The van der Waals surface area contributed by atoms with Crippen LogP contribution >= 0.6 is 0 Å². The Labute approximate surface area is 186 Å². The molecule has 1 N–H and O–H groups in total. The van der Waals surface area contributed by atoms with Crippen LogP contribution in [0.2, 0.25) is 0 Å². The number of aromatic nitrogens is 3. The van der Waals surface area contributed by atoms with Gasteiger partial charge < -0.3 is 23.9 Å². The number of fused-ring (bicyclic) bond motifs is 1. The van der Waals surface area contributed by atoms with E-state index in [2.05, 4.69) is 39.8 Å². The van der Waals surface area contributed by atoms with Gasteiger partial charge in [0, 0.05) is 56.9 Å². The van der Waals surface area contributed by atoms with E-state index < -0.39 is 5.60 Å². The predicted molar refractivity (Wildman–Crippen MR) is 120 cm³/mol. The molecule has 0 saturated carbocycles. The van der Waals surface area contributed by atoms with Gasteiger partial charge in [0.05, 0.1) is 30.1 Å². The number of amides is 1. The summed E-state index contributed by atoms with van der Waals surface area (Å²) in [5.41, 5.74) is 5.42. The van der Waals surface area contributed by atoms with E-state index in [1.54, 1.807) is 13.4 Å². The Kier molecular flexibility index (Phi) is 5.44. The van der Waals surface area contributed by atoms with Crippen LogP contribution < -0.4 is 5.32 Å². The Hall–Kier alpha value is -2.81. The minimum atomic E-state index is -0.526. The van der Waals surface area contributed by atoms with Crippen molar-refractivity contribution in [1.29, 1.82) is 0 Å². The fraction of sp³-hybridized carbons (Fsp3) is 0.458. The minimum absolute atomic E-state index is 0.154. The molecule has 0 aromatic carbocycles. The second-order valence-electron chi connectivity index (χ2n) is 8.67. The zero-order valence-corrected chi connectivity index (χ0v) is 18.7. The number of nitrogens with one attached hydrogen (secondary N) is 1. The second kappa shape index (κ2) is 8.27. The highest BCUT2D eigenvalue weighted by molar-refractivity contribution is 5.90. The largest absolute Gasteiger partial charge is 0.381 e. The van der Waals surface area contributed by atoms with Crippen molar-refractivity contribution in [2.75, 3.05) is 38.9 Å². The Morgan fingerprint density at radius 3 is 2.81 bits per heavy atom. The van der Waals surface area contributed by atoms with Crippen molar-refractivity contribution in [1.82, 2.24) is 14.4 Å². The van der Waals surface area contributed by atoms with Crippen LogP contribution in [0.25, 0.3) is 16.8 Å². The maximum Gasteiger partial charge on any atom is 0.222 e. The molecule has 8 heteroatoms. The van der Waals surface area contributed by atoms with E-state index in [1.807, 2.05) is 6.07 Å². The molecular formula is C24H28N4O4. The lowest BCUT2D eigenvalue weighted by Crippen LogP contribution is -2.30. The number of methoxy groups -OCH3 is 1. The van der Waals surface area contributed by atoms with Crippen LogP contribution in [0.5, 0.6) is 0 Å². The lowest BCUT2D eigenvalue weighted by molar-refractivity contribution is -0.114. The van der Waals surface area contributed by atoms with E-state index in [1.165, 1.54) is 6.92 Å². The maximum absolute atomic E-state index is 11.6. The third-order valence-electron chi connectivity index (χ3n) is 6.43. The van der Waals surface area contributed by atoms with Gasteiger partial charge in [-0.05, 0) is 37.1 Å². The molecule has 1 amide bonds. The summed E-state index contributed by atoms with van der Waals surface area (Å²) in [4.78, 5) is 21.1. The van der Waals surface area contributed by atoms with Crippen LogP contribution in [-0.2, 0) is 24.6 Å². The average molecular weight is 437 g/mol. The van der Waals surface area contributed by atoms with Crippen molar-refractivity contribution < 1.29 is 19.0 Å². The van der Waals surface area contributed by atoms with E-state index in [0.717, 1.165) is 53.2 Å². The predicted octanol–water partition coefficient (Wildman–Crippen LogP) is 3.43. The van der Waals surface area contributed by atoms with Gasteiger partial charge in [0.1, 0.15) is 17.7 Å². The van der Waals surface area contributed by atoms with E-state index in [9.17, 15) is 4.79 Å². The summed E-state index contributed by atoms with van der Waals surface area (Å²) in [6.45, 7) is 6.16. The van der Waals surface area contributed by atoms with Crippen molar-refractivity contribution in [2.45, 2.75) is 38.2 Å². The van der Waals surface area contributed by atoms with E-state index in [-0.39, 0.29) is 5.91 Å². The van der Waals surface area contributed by atoms with Gasteiger partial charge in [-0.3, -0.25) is 4.79 Å². The Bertz CT molecular complexity index is 1160. The number of pyridine rings is 1. The number of aryl methyl sites for hydroxylation is 1. The fourth-order valence-corrected chi connectivity index (χ4v) is 4.71. The molecule has 0 aliphatic carbocycles. The standard InChI is InChI=1S/C24H28N4O4/c1-15-8-19(27-22(9-15)24(30-3)5-7-32-13-24)18-10-20(17-4-6-31-12-17)28-14-25-23(11-21(18)28)26-16(2)29/h8-11,14,17H,4-7,12-13H2,1-3H3,(H,26,29)/t17?,24-/m1/s1. The Balaban J connectivity index is 1.68. The molecule has 0 spiro atoms. The second-order valence-corrected chi connectivity index (χ2v) is 8.67. The summed E-state index contributed by atoms with van der Waals surface area (Å²) in [6, 6.07) is 8.26. The highest BCUT2D eigenvalue weighted by atomic mass is 16.5. The smallest absolute Gasteiger partial charge is 0.222 e. The third kappa shape index (κ3) is 3.68. The molecule has 3 aromatic heterocycles. The minimum Gasteiger partial charge on any atom is -0.381 e. The van der Waals surface area contributed by atoms with Crippen LogP contribution in [-0.4, -0.2) is 53.8 Å². The van der Waals surface area contributed by atoms with Gasteiger partial charge >= 0.3 is 0 Å². The van der Waals surface area contributed by atoms with Gasteiger partial charge in [-0.2, -0.15) is 0 Å². The number of hydrogen-bond donors (Lipinski definition) is 1. The van der Waals surface area contributed by atoms with Crippen molar-refractivity contribution >= 4 is 17.2 Å². The molecule has 5 heterocycles. The summed E-state index contributed by atoms with van der Waals surface area (Å²) in [5, 5.41) is 2.79. The third-order valence-corrected chi connectivity index (χ3v) is 6.43. The molecule has 2 saturated heterocycles.